The molecule has 3 N–H and O–H groups in total. The van der Waals surface area contributed by atoms with E-state index in [4.69, 9.17) is 19.9 Å². The highest BCUT2D eigenvalue weighted by Gasteiger charge is 2.38. The van der Waals surface area contributed by atoms with Gasteiger partial charge in [-0.05, 0) is 49.6 Å². The minimum Gasteiger partial charge on any atom is -0.444 e. The van der Waals surface area contributed by atoms with Crippen LogP contribution in [0.25, 0.3) is 10.8 Å². The van der Waals surface area contributed by atoms with Crippen molar-refractivity contribution in [3.05, 3.63) is 83.9 Å². The smallest absolute Gasteiger partial charge is 0.408 e. The lowest BCUT2D eigenvalue weighted by molar-refractivity contribution is -0.157. The minimum absolute atomic E-state index is 0.104. The molecule has 3 aromatic rings. The summed E-state index contributed by atoms with van der Waals surface area (Å²) in [5, 5.41) is 4.71. The van der Waals surface area contributed by atoms with Crippen molar-refractivity contribution < 1.29 is 28.6 Å². The first-order chi connectivity index (χ1) is 19.5. The quantitative estimate of drug-likeness (QED) is 0.377. The van der Waals surface area contributed by atoms with Crippen molar-refractivity contribution in [3.63, 3.8) is 0 Å². The van der Waals surface area contributed by atoms with Crippen molar-refractivity contribution in [2.75, 3.05) is 19.8 Å². The maximum absolute atomic E-state index is 14.4. The molecule has 9 heteroatoms. The van der Waals surface area contributed by atoms with E-state index in [0.29, 0.717) is 25.2 Å². The van der Waals surface area contributed by atoms with Crippen molar-refractivity contribution in [1.82, 2.24) is 10.2 Å². The summed E-state index contributed by atoms with van der Waals surface area (Å²) in [7, 11) is 0. The maximum Gasteiger partial charge on any atom is 0.408 e. The molecule has 0 aromatic heterocycles. The van der Waals surface area contributed by atoms with Gasteiger partial charge in [0.25, 0.3) is 5.91 Å². The van der Waals surface area contributed by atoms with Crippen LogP contribution in [-0.4, -0.2) is 60.0 Å². The number of primary amides is 1. The molecule has 41 heavy (non-hydrogen) atoms. The number of nitrogens with zero attached hydrogens (tertiary/aromatic N) is 1. The van der Waals surface area contributed by atoms with E-state index in [1.807, 2.05) is 48.5 Å². The van der Waals surface area contributed by atoms with Gasteiger partial charge in [-0.1, -0.05) is 72.8 Å². The highest BCUT2D eigenvalue weighted by molar-refractivity contribution is 5.92. The van der Waals surface area contributed by atoms with Crippen LogP contribution >= 0.6 is 0 Å². The number of ether oxygens (including phenoxy) is 3. The van der Waals surface area contributed by atoms with Crippen LogP contribution in [0.2, 0.25) is 0 Å². The maximum atomic E-state index is 14.4. The van der Waals surface area contributed by atoms with Gasteiger partial charge in [-0.15, -0.1) is 0 Å². The van der Waals surface area contributed by atoms with E-state index in [-0.39, 0.29) is 13.0 Å². The van der Waals surface area contributed by atoms with Gasteiger partial charge >= 0.3 is 6.09 Å². The van der Waals surface area contributed by atoms with Crippen LogP contribution in [0.5, 0.6) is 0 Å². The number of nitrogens with two attached hydrogens (primary N) is 1. The number of rotatable bonds is 10. The molecule has 3 aromatic carbocycles. The number of alkyl carbamates (subject to hydrolysis) is 1. The second-order valence-electron chi connectivity index (χ2n) is 11.4. The van der Waals surface area contributed by atoms with Crippen molar-refractivity contribution in [1.29, 1.82) is 0 Å². The molecule has 0 saturated carbocycles. The zero-order valence-corrected chi connectivity index (χ0v) is 24.1. The fraction of sp³-hybridized carbons (Fsp3) is 0.406. The van der Waals surface area contributed by atoms with Crippen LogP contribution in [0.3, 0.4) is 0 Å². The lowest BCUT2D eigenvalue weighted by Gasteiger charge is -2.35. The van der Waals surface area contributed by atoms with Gasteiger partial charge in [0.05, 0.1) is 13.2 Å². The third-order valence-electron chi connectivity index (χ3n) is 7.03. The average molecular weight is 562 g/mol. The molecule has 1 aliphatic heterocycles. The van der Waals surface area contributed by atoms with Crippen molar-refractivity contribution in [2.45, 2.75) is 64.0 Å². The summed E-state index contributed by atoms with van der Waals surface area (Å²) in [5.41, 5.74) is 6.64. The highest BCUT2D eigenvalue weighted by Crippen LogP contribution is 2.27. The Balaban J connectivity index is 1.72. The number of fused-ring (bicyclic) bond motifs is 1. The number of amides is 3. The molecule has 1 heterocycles. The number of benzene rings is 3. The van der Waals surface area contributed by atoms with E-state index < -0.39 is 41.4 Å². The third kappa shape index (κ3) is 7.83. The molecule has 2 atom stereocenters. The van der Waals surface area contributed by atoms with Gasteiger partial charge in [0.15, 0.2) is 5.79 Å². The molecule has 2 unspecified atom stereocenters. The van der Waals surface area contributed by atoms with Gasteiger partial charge in [-0.25, -0.2) is 4.79 Å². The molecule has 0 spiro atoms. The summed E-state index contributed by atoms with van der Waals surface area (Å²) < 4.78 is 17.0. The Morgan fingerprint density at radius 3 is 2.27 bits per heavy atom. The van der Waals surface area contributed by atoms with Crippen molar-refractivity contribution in [3.8, 4) is 0 Å². The Kier molecular flexibility index (Phi) is 9.30. The van der Waals surface area contributed by atoms with E-state index in [9.17, 15) is 14.4 Å². The molecule has 3 amide bonds. The van der Waals surface area contributed by atoms with Crippen molar-refractivity contribution >= 4 is 28.7 Å². The summed E-state index contributed by atoms with van der Waals surface area (Å²) in [6, 6.07) is 20.4. The molecule has 0 radical (unpaired) electrons. The zero-order chi connectivity index (χ0) is 29.6. The van der Waals surface area contributed by atoms with Crippen LogP contribution in [0.4, 0.5) is 4.79 Å². The number of hydrogen-bond acceptors (Lipinski definition) is 6. The molecule has 9 nitrogen and oxygen atoms in total. The first kappa shape index (κ1) is 30.0. The van der Waals surface area contributed by atoms with E-state index >= 15 is 0 Å². The summed E-state index contributed by atoms with van der Waals surface area (Å²) in [6.07, 6.45) is -0.264. The van der Waals surface area contributed by atoms with Gasteiger partial charge in [0, 0.05) is 19.4 Å². The van der Waals surface area contributed by atoms with Crippen LogP contribution in [0.15, 0.2) is 72.8 Å². The standard InChI is InChI=1S/C32H39N3O6/c1-31(2,3)41-30(38)34-27(23-12-6-5-7-13-23)29(37)35(18-17-32(4)39-19-20-40-32)26(28(33)36)21-24-15-10-14-22-11-8-9-16-25(22)24/h5-16,26-27H,17-21H2,1-4H3,(H2,33,36)(H,34,38). The van der Waals surface area contributed by atoms with E-state index in [0.717, 1.165) is 16.3 Å². The SMILES string of the molecule is CC(C)(C)OC(=O)NC(C(=O)N(CCC1(C)OCCO1)C(Cc1cccc2ccccc12)C(N)=O)c1ccccc1. The van der Waals surface area contributed by atoms with Gasteiger partial charge in [0.2, 0.25) is 5.91 Å². The molecular weight excluding hydrogens is 522 g/mol. The van der Waals surface area contributed by atoms with E-state index in [1.54, 1.807) is 52.0 Å². The van der Waals surface area contributed by atoms with Gasteiger partial charge in [-0.3, -0.25) is 9.59 Å². The highest BCUT2D eigenvalue weighted by atomic mass is 16.7. The molecule has 1 aliphatic rings. The Bertz CT molecular complexity index is 1360. The molecule has 1 saturated heterocycles. The van der Waals surface area contributed by atoms with E-state index in [2.05, 4.69) is 5.32 Å². The lowest BCUT2D eigenvalue weighted by Crippen LogP contribution is -2.54. The number of hydrogen-bond donors (Lipinski definition) is 2. The van der Waals surface area contributed by atoms with E-state index in [1.165, 1.54) is 4.90 Å². The largest absolute Gasteiger partial charge is 0.444 e. The normalized spacial score (nSPS) is 16.1. The molecular formula is C32H39N3O6. The summed E-state index contributed by atoms with van der Waals surface area (Å²) in [5.74, 6) is -2.07. The van der Waals surface area contributed by atoms with Crippen LogP contribution < -0.4 is 11.1 Å². The molecule has 4 rings (SSSR count). The second-order valence-corrected chi connectivity index (χ2v) is 11.4. The summed E-state index contributed by atoms with van der Waals surface area (Å²) in [6.45, 7) is 8.02. The fourth-order valence-corrected chi connectivity index (χ4v) is 5.01. The molecule has 1 fully saturated rings. The predicted molar refractivity (Wildman–Crippen MR) is 156 cm³/mol. The van der Waals surface area contributed by atoms with Gasteiger partial charge in [0.1, 0.15) is 17.7 Å². The number of carbonyl (C=O) groups excluding carboxylic acids is 3. The molecule has 0 aliphatic carbocycles. The monoisotopic (exact) mass is 561 g/mol. The number of carbonyl (C=O) groups is 3. The minimum atomic E-state index is -1.13. The topological polar surface area (TPSA) is 120 Å². The lowest BCUT2D eigenvalue weighted by atomic mass is 9.96. The first-order valence-electron chi connectivity index (χ1n) is 13.8. The summed E-state index contributed by atoms with van der Waals surface area (Å²) in [4.78, 5) is 41.8. The Labute approximate surface area is 240 Å². The zero-order valence-electron chi connectivity index (χ0n) is 24.1. The third-order valence-corrected chi connectivity index (χ3v) is 7.03. The van der Waals surface area contributed by atoms with Crippen molar-refractivity contribution in [2.24, 2.45) is 5.73 Å². The average Bonchev–Trinajstić information content (AvgIpc) is 3.37. The molecule has 218 valence electrons. The van der Waals surface area contributed by atoms with Gasteiger partial charge < -0.3 is 30.2 Å². The second kappa shape index (κ2) is 12.7. The van der Waals surface area contributed by atoms with Crippen LogP contribution in [0.1, 0.15) is 51.3 Å². The predicted octanol–water partition coefficient (Wildman–Crippen LogP) is 4.48. The molecule has 0 bridgehead atoms. The van der Waals surface area contributed by atoms with Crippen LogP contribution in [-0.2, 0) is 30.2 Å². The fourth-order valence-electron chi connectivity index (χ4n) is 5.01. The Hall–Kier alpha value is -3.95. The Morgan fingerprint density at radius 2 is 1.61 bits per heavy atom. The first-order valence-corrected chi connectivity index (χ1v) is 13.8. The van der Waals surface area contributed by atoms with Crippen LogP contribution in [0, 0.1) is 0 Å². The van der Waals surface area contributed by atoms with Gasteiger partial charge in [-0.2, -0.15) is 0 Å². The number of nitrogens with one attached hydrogen (secondary N) is 1. The Morgan fingerprint density at radius 1 is 0.976 bits per heavy atom. The summed E-state index contributed by atoms with van der Waals surface area (Å²) >= 11 is 0.